The fourth-order valence-corrected chi connectivity index (χ4v) is 2.30. The summed E-state index contributed by atoms with van der Waals surface area (Å²) in [6.07, 6.45) is 2.54. The van der Waals surface area contributed by atoms with Crippen LogP contribution in [0, 0.1) is 0 Å². The minimum atomic E-state index is -0.143. The van der Waals surface area contributed by atoms with Crippen LogP contribution in [0.25, 0.3) is 0 Å². The molecule has 23 heavy (non-hydrogen) atoms. The van der Waals surface area contributed by atoms with Crippen LogP contribution in [0.1, 0.15) is 35.5 Å². The van der Waals surface area contributed by atoms with Crippen molar-refractivity contribution in [1.29, 1.82) is 0 Å². The molecule has 0 aliphatic carbocycles. The maximum absolute atomic E-state index is 12.5. The predicted octanol–water partition coefficient (Wildman–Crippen LogP) is 3.10. The second kappa shape index (κ2) is 8.39. The number of hydrogen-bond donors (Lipinski definition) is 1. The summed E-state index contributed by atoms with van der Waals surface area (Å²) in [6, 6.07) is 11.0. The molecule has 1 aromatic heterocycles. The van der Waals surface area contributed by atoms with E-state index < -0.39 is 0 Å². The van der Waals surface area contributed by atoms with Gasteiger partial charge in [-0.2, -0.15) is 0 Å². The maximum Gasteiger partial charge on any atom is 0.255 e. The molecule has 5 nitrogen and oxygen atoms in total. The van der Waals surface area contributed by atoms with E-state index in [0.29, 0.717) is 24.5 Å². The Balaban J connectivity index is 2.04. The number of furan rings is 1. The quantitative estimate of drug-likeness (QED) is 0.813. The molecular weight excluding hydrogens is 292 g/mol. The molecule has 1 amide bonds. The minimum absolute atomic E-state index is 0.0160. The van der Waals surface area contributed by atoms with Crippen molar-refractivity contribution in [2.45, 2.75) is 19.4 Å². The van der Waals surface area contributed by atoms with Crippen LogP contribution in [0.2, 0.25) is 0 Å². The molecule has 2 rings (SSSR count). The largest absolute Gasteiger partial charge is 0.493 e. The van der Waals surface area contributed by atoms with E-state index in [-0.39, 0.29) is 11.9 Å². The van der Waals surface area contributed by atoms with E-state index >= 15 is 0 Å². The molecule has 1 atom stereocenters. The van der Waals surface area contributed by atoms with E-state index in [9.17, 15) is 4.79 Å². The number of benzene rings is 1. The number of carbonyl (C=O) groups is 1. The van der Waals surface area contributed by atoms with Crippen LogP contribution >= 0.6 is 0 Å². The van der Waals surface area contributed by atoms with Gasteiger partial charge in [-0.1, -0.05) is 19.1 Å². The number of para-hydroxylation sites is 1. The van der Waals surface area contributed by atoms with Crippen molar-refractivity contribution >= 4 is 5.91 Å². The first-order valence-electron chi connectivity index (χ1n) is 7.83. The van der Waals surface area contributed by atoms with Crippen LogP contribution < -0.4 is 10.1 Å². The van der Waals surface area contributed by atoms with Crippen molar-refractivity contribution in [3.8, 4) is 5.75 Å². The van der Waals surface area contributed by atoms with E-state index in [4.69, 9.17) is 9.15 Å². The highest BCUT2D eigenvalue weighted by Gasteiger charge is 2.19. The molecule has 0 spiro atoms. The molecule has 1 unspecified atom stereocenters. The normalized spacial score (nSPS) is 12.2. The van der Waals surface area contributed by atoms with Gasteiger partial charge in [-0.3, -0.25) is 9.69 Å². The summed E-state index contributed by atoms with van der Waals surface area (Å²) >= 11 is 0. The Morgan fingerprint density at radius 3 is 2.70 bits per heavy atom. The fraction of sp³-hybridized carbons (Fsp3) is 0.389. The second-order valence-corrected chi connectivity index (χ2v) is 5.55. The van der Waals surface area contributed by atoms with Gasteiger partial charge >= 0.3 is 0 Å². The van der Waals surface area contributed by atoms with E-state index in [1.165, 1.54) is 0 Å². The van der Waals surface area contributed by atoms with Crippen molar-refractivity contribution in [3.63, 3.8) is 0 Å². The zero-order valence-electron chi connectivity index (χ0n) is 13.9. The molecular formula is C18H24N2O3. The van der Waals surface area contributed by atoms with Crippen molar-refractivity contribution in [3.05, 3.63) is 54.0 Å². The second-order valence-electron chi connectivity index (χ2n) is 5.55. The first kappa shape index (κ1) is 17.1. The summed E-state index contributed by atoms with van der Waals surface area (Å²) in [5.74, 6) is 1.30. The molecule has 5 heteroatoms. The smallest absolute Gasteiger partial charge is 0.255 e. The van der Waals surface area contributed by atoms with Crippen LogP contribution in [0.5, 0.6) is 5.75 Å². The van der Waals surface area contributed by atoms with Crippen LogP contribution in [0.3, 0.4) is 0 Å². The molecule has 1 aromatic carbocycles. The predicted molar refractivity (Wildman–Crippen MR) is 89.7 cm³/mol. The lowest BCUT2D eigenvalue weighted by Crippen LogP contribution is -2.34. The minimum Gasteiger partial charge on any atom is -0.493 e. The Hall–Kier alpha value is -2.27. The van der Waals surface area contributed by atoms with Gasteiger partial charge in [-0.15, -0.1) is 0 Å². The summed E-state index contributed by atoms with van der Waals surface area (Å²) in [5.41, 5.74) is 0.554. The van der Waals surface area contributed by atoms with Crippen molar-refractivity contribution in [2.24, 2.45) is 0 Å². The van der Waals surface area contributed by atoms with Gasteiger partial charge < -0.3 is 14.5 Å². The third-order valence-electron chi connectivity index (χ3n) is 3.54. The molecule has 0 aliphatic rings. The standard InChI is InChI=1S/C18H24N2O3/c1-4-11-22-16-9-6-5-8-14(16)18(21)19-13-15(20(2)3)17-10-7-12-23-17/h5-10,12,15H,4,11,13H2,1-3H3,(H,19,21). The lowest BCUT2D eigenvalue weighted by molar-refractivity contribution is 0.0935. The van der Waals surface area contributed by atoms with E-state index in [1.807, 2.05) is 56.3 Å². The number of carbonyl (C=O) groups excluding carboxylic acids is 1. The van der Waals surface area contributed by atoms with Gasteiger partial charge in [0.05, 0.1) is 24.5 Å². The number of ether oxygens (including phenoxy) is 1. The highest BCUT2D eigenvalue weighted by Crippen LogP contribution is 2.20. The van der Waals surface area contributed by atoms with Crippen LogP contribution in [-0.4, -0.2) is 38.1 Å². The molecule has 2 aromatic rings. The Kier molecular flexibility index (Phi) is 6.23. The lowest BCUT2D eigenvalue weighted by Gasteiger charge is -2.22. The summed E-state index contributed by atoms with van der Waals surface area (Å²) in [6.45, 7) is 3.09. The molecule has 0 bridgehead atoms. The average molecular weight is 316 g/mol. The van der Waals surface area contributed by atoms with Crippen LogP contribution in [0.15, 0.2) is 47.1 Å². The average Bonchev–Trinajstić information content (AvgIpc) is 3.07. The van der Waals surface area contributed by atoms with Crippen LogP contribution in [0.4, 0.5) is 0 Å². The fourth-order valence-electron chi connectivity index (χ4n) is 2.30. The summed E-state index contributed by atoms with van der Waals surface area (Å²) in [7, 11) is 3.91. The molecule has 1 N–H and O–H groups in total. The molecule has 0 fully saturated rings. The molecule has 0 radical (unpaired) electrons. The molecule has 0 saturated heterocycles. The van der Waals surface area contributed by atoms with E-state index in [2.05, 4.69) is 5.32 Å². The number of amides is 1. The lowest BCUT2D eigenvalue weighted by atomic mass is 10.1. The van der Waals surface area contributed by atoms with Gasteiger partial charge in [-0.05, 0) is 44.8 Å². The third-order valence-corrected chi connectivity index (χ3v) is 3.54. The highest BCUT2D eigenvalue weighted by molar-refractivity contribution is 5.96. The molecule has 0 saturated carbocycles. The van der Waals surface area contributed by atoms with Gasteiger partial charge in [-0.25, -0.2) is 0 Å². The topological polar surface area (TPSA) is 54.7 Å². The number of nitrogens with one attached hydrogen (secondary N) is 1. The van der Waals surface area contributed by atoms with Gasteiger partial charge in [0.1, 0.15) is 11.5 Å². The highest BCUT2D eigenvalue weighted by atomic mass is 16.5. The van der Waals surface area contributed by atoms with E-state index in [0.717, 1.165) is 12.2 Å². The van der Waals surface area contributed by atoms with Gasteiger partial charge in [0, 0.05) is 6.54 Å². The third kappa shape index (κ3) is 4.60. The van der Waals surface area contributed by atoms with Gasteiger partial charge in [0.15, 0.2) is 0 Å². The van der Waals surface area contributed by atoms with Crippen molar-refractivity contribution < 1.29 is 13.9 Å². The monoisotopic (exact) mass is 316 g/mol. The Morgan fingerprint density at radius 1 is 1.26 bits per heavy atom. The number of nitrogens with zero attached hydrogens (tertiary/aromatic N) is 1. The Morgan fingerprint density at radius 2 is 2.04 bits per heavy atom. The first-order valence-corrected chi connectivity index (χ1v) is 7.83. The first-order chi connectivity index (χ1) is 11.1. The number of likely N-dealkylation sites (N-methyl/N-ethyl adjacent to an activating group) is 1. The Bertz CT molecular complexity index is 608. The van der Waals surface area contributed by atoms with Gasteiger partial charge in [0.2, 0.25) is 0 Å². The van der Waals surface area contributed by atoms with Crippen LogP contribution in [-0.2, 0) is 0 Å². The zero-order valence-corrected chi connectivity index (χ0v) is 13.9. The summed E-state index contributed by atoms with van der Waals surface area (Å²) in [5, 5.41) is 2.96. The molecule has 1 heterocycles. The molecule has 0 aliphatic heterocycles. The SMILES string of the molecule is CCCOc1ccccc1C(=O)NCC(c1ccco1)N(C)C. The maximum atomic E-state index is 12.5. The Labute approximate surface area is 137 Å². The summed E-state index contributed by atoms with van der Waals surface area (Å²) < 4.78 is 11.1. The van der Waals surface area contributed by atoms with E-state index in [1.54, 1.807) is 12.3 Å². The zero-order chi connectivity index (χ0) is 16.7. The number of hydrogen-bond acceptors (Lipinski definition) is 4. The van der Waals surface area contributed by atoms with Crippen molar-refractivity contribution in [2.75, 3.05) is 27.2 Å². The molecule has 124 valence electrons. The number of rotatable bonds is 8. The summed E-state index contributed by atoms with van der Waals surface area (Å²) in [4.78, 5) is 14.5. The van der Waals surface area contributed by atoms with Crippen molar-refractivity contribution in [1.82, 2.24) is 10.2 Å². The van der Waals surface area contributed by atoms with Gasteiger partial charge in [0.25, 0.3) is 5.91 Å².